The van der Waals surface area contributed by atoms with Crippen LogP contribution in [0.15, 0.2) is 84.9 Å². The first kappa shape index (κ1) is 18.6. The molecule has 2 aliphatic heterocycles. The molecule has 0 bridgehead atoms. The van der Waals surface area contributed by atoms with Crippen LogP contribution in [0.4, 0.5) is 5.69 Å². The number of benzene rings is 3. The molecule has 0 saturated carbocycles. The van der Waals surface area contributed by atoms with Crippen molar-refractivity contribution in [1.29, 1.82) is 0 Å². The molecule has 0 N–H and O–H groups in total. The van der Waals surface area contributed by atoms with Crippen molar-refractivity contribution in [1.82, 2.24) is 4.90 Å². The molecule has 1 fully saturated rings. The van der Waals surface area contributed by atoms with E-state index >= 15 is 0 Å². The van der Waals surface area contributed by atoms with Crippen LogP contribution in [0.5, 0.6) is 0 Å². The Hall–Kier alpha value is -3.38. The van der Waals surface area contributed by atoms with Gasteiger partial charge in [0.2, 0.25) is 0 Å². The number of imide groups is 1. The van der Waals surface area contributed by atoms with Gasteiger partial charge in [-0.25, -0.2) is 0 Å². The summed E-state index contributed by atoms with van der Waals surface area (Å²) in [5.41, 5.74) is 2.28. The first-order chi connectivity index (χ1) is 14.6. The van der Waals surface area contributed by atoms with Crippen LogP contribution >= 0.6 is 11.8 Å². The first-order valence-electron chi connectivity index (χ1n) is 9.58. The number of carbonyl (C=O) groups excluding carboxylic acids is 3. The molecule has 0 aromatic heterocycles. The molecule has 0 aliphatic carbocycles. The molecule has 1 saturated heterocycles. The van der Waals surface area contributed by atoms with Crippen LogP contribution in [-0.2, 0) is 9.67 Å². The van der Waals surface area contributed by atoms with Gasteiger partial charge in [-0.3, -0.25) is 24.2 Å². The maximum atomic E-state index is 13.5. The Morgan fingerprint density at radius 2 is 1.23 bits per heavy atom. The Labute approximate surface area is 178 Å². The van der Waals surface area contributed by atoms with E-state index in [1.807, 2.05) is 66.9 Å². The van der Waals surface area contributed by atoms with Crippen molar-refractivity contribution < 1.29 is 14.4 Å². The lowest BCUT2D eigenvalue weighted by atomic mass is 9.85. The maximum absolute atomic E-state index is 13.5. The second-order valence-corrected chi connectivity index (χ2v) is 8.23. The van der Waals surface area contributed by atoms with Gasteiger partial charge in [0.15, 0.2) is 6.04 Å². The van der Waals surface area contributed by atoms with Gasteiger partial charge in [0, 0.05) is 5.69 Å². The van der Waals surface area contributed by atoms with Crippen molar-refractivity contribution in [2.45, 2.75) is 10.9 Å². The number of rotatable bonds is 4. The highest BCUT2D eigenvalue weighted by molar-refractivity contribution is 7.99. The smallest absolute Gasteiger partial charge is 0.262 e. The van der Waals surface area contributed by atoms with Crippen LogP contribution in [-0.4, -0.2) is 34.9 Å². The predicted molar refractivity (Wildman–Crippen MR) is 116 cm³/mol. The zero-order valence-corrected chi connectivity index (χ0v) is 17.0. The van der Waals surface area contributed by atoms with E-state index in [9.17, 15) is 14.4 Å². The van der Waals surface area contributed by atoms with E-state index in [0.717, 1.165) is 16.2 Å². The molecule has 5 nitrogen and oxygen atoms in total. The third-order valence-electron chi connectivity index (χ3n) is 5.75. The highest BCUT2D eigenvalue weighted by Gasteiger charge is 2.67. The third kappa shape index (κ3) is 2.34. The largest absolute Gasteiger partial charge is 0.288 e. The van der Waals surface area contributed by atoms with Gasteiger partial charge in [-0.05, 0) is 36.1 Å². The second-order valence-electron chi connectivity index (χ2n) is 7.20. The zero-order chi connectivity index (χ0) is 20.9. The molecule has 30 heavy (non-hydrogen) atoms. The molecular weight excluding hydrogens is 396 g/mol. The van der Waals surface area contributed by atoms with Crippen molar-refractivity contribution in [2.75, 3.05) is 11.2 Å². The molecular formula is C24H18N2O3S. The van der Waals surface area contributed by atoms with Gasteiger partial charge in [-0.1, -0.05) is 60.7 Å². The van der Waals surface area contributed by atoms with Crippen LogP contribution in [0.2, 0.25) is 0 Å². The monoisotopic (exact) mass is 414 g/mol. The van der Waals surface area contributed by atoms with E-state index in [2.05, 4.69) is 0 Å². The van der Waals surface area contributed by atoms with E-state index in [-0.39, 0.29) is 5.91 Å². The minimum atomic E-state index is -0.928. The number of carbonyl (C=O) groups is 3. The number of β-lactam (4-membered cyclic amide) rings is 1. The van der Waals surface area contributed by atoms with E-state index in [1.54, 1.807) is 29.2 Å². The number of fused-ring (bicyclic) bond motifs is 1. The molecule has 3 amide bonds. The molecule has 0 radical (unpaired) electrons. The molecule has 0 unspecified atom stereocenters. The normalized spacial score (nSPS) is 22.8. The minimum Gasteiger partial charge on any atom is -0.288 e. The van der Waals surface area contributed by atoms with Crippen molar-refractivity contribution in [3.8, 4) is 0 Å². The molecule has 6 heteroatoms. The Balaban J connectivity index is 1.68. The molecule has 5 rings (SSSR count). The van der Waals surface area contributed by atoms with Crippen molar-refractivity contribution in [3.05, 3.63) is 102 Å². The number of nitrogens with zero attached hydrogens (tertiary/aromatic N) is 2. The molecule has 2 aliphatic rings. The molecule has 3 aromatic rings. The number of thioether (sulfide) groups is 1. The summed E-state index contributed by atoms with van der Waals surface area (Å²) in [6, 6.07) is 24.7. The number of hydrogen-bond donors (Lipinski definition) is 0. The second kappa shape index (κ2) is 6.85. The van der Waals surface area contributed by atoms with E-state index < -0.39 is 22.7 Å². The summed E-state index contributed by atoms with van der Waals surface area (Å²) in [7, 11) is 0. The molecule has 0 spiro atoms. The van der Waals surface area contributed by atoms with E-state index in [1.165, 1.54) is 11.8 Å². The molecule has 3 aromatic carbocycles. The van der Waals surface area contributed by atoms with Gasteiger partial charge in [0.1, 0.15) is 4.87 Å². The summed E-state index contributed by atoms with van der Waals surface area (Å²) < 4.78 is 0. The predicted octanol–water partition coefficient (Wildman–Crippen LogP) is 3.91. The first-order valence-corrected chi connectivity index (χ1v) is 10.8. The summed E-state index contributed by atoms with van der Waals surface area (Å²) in [6.45, 7) is 0. The third-order valence-corrected chi connectivity index (χ3v) is 7.02. The lowest BCUT2D eigenvalue weighted by molar-refractivity contribution is -0.131. The fourth-order valence-electron chi connectivity index (χ4n) is 4.42. The van der Waals surface area contributed by atoms with Crippen LogP contribution in [0, 0.1) is 0 Å². The summed E-state index contributed by atoms with van der Waals surface area (Å²) >= 11 is 1.46. The van der Waals surface area contributed by atoms with E-state index in [0.29, 0.717) is 11.1 Å². The number of anilines is 1. The Morgan fingerprint density at radius 3 is 1.77 bits per heavy atom. The Morgan fingerprint density at radius 1 is 0.733 bits per heavy atom. The van der Waals surface area contributed by atoms with Crippen molar-refractivity contribution in [2.24, 2.45) is 0 Å². The lowest BCUT2D eigenvalue weighted by Gasteiger charge is -2.58. The summed E-state index contributed by atoms with van der Waals surface area (Å²) in [5.74, 6) is -1.11. The highest BCUT2D eigenvalue weighted by atomic mass is 32.2. The van der Waals surface area contributed by atoms with Gasteiger partial charge < -0.3 is 0 Å². The van der Waals surface area contributed by atoms with Gasteiger partial charge >= 0.3 is 0 Å². The average molecular weight is 414 g/mol. The fraction of sp³-hybridized carbons (Fsp3) is 0.125. The topological polar surface area (TPSA) is 57.7 Å². The van der Waals surface area contributed by atoms with Gasteiger partial charge in [0.25, 0.3) is 17.7 Å². The Kier molecular flexibility index (Phi) is 4.25. The van der Waals surface area contributed by atoms with Gasteiger partial charge in [0.05, 0.1) is 11.1 Å². The maximum Gasteiger partial charge on any atom is 0.262 e. The highest BCUT2D eigenvalue weighted by Crippen LogP contribution is 2.54. The standard InChI is InChI=1S/C24H18N2O3S/c1-30-24(16-10-4-2-5-11-16)20(23(29)26(24)17-12-6-3-7-13-17)25-21(27)18-14-8-9-15-19(18)22(25)28/h2-15,20H,1H3/t20-,24-/m1/s1. The van der Waals surface area contributed by atoms with Crippen molar-refractivity contribution >= 4 is 35.2 Å². The molecule has 148 valence electrons. The van der Waals surface area contributed by atoms with Crippen LogP contribution in [0.25, 0.3) is 0 Å². The number of amides is 3. The average Bonchev–Trinajstić information content (AvgIpc) is 3.04. The van der Waals surface area contributed by atoms with E-state index in [4.69, 9.17) is 0 Å². The van der Waals surface area contributed by atoms with Gasteiger partial charge in [-0.15, -0.1) is 11.8 Å². The van der Waals surface area contributed by atoms with Crippen LogP contribution in [0.1, 0.15) is 26.3 Å². The lowest BCUT2D eigenvalue weighted by Crippen LogP contribution is -2.76. The number of hydrogen-bond acceptors (Lipinski definition) is 4. The fourth-order valence-corrected chi connectivity index (χ4v) is 5.60. The summed E-state index contributed by atoms with van der Waals surface area (Å²) in [6.07, 6.45) is 1.90. The van der Waals surface area contributed by atoms with Crippen molar-refractivity contribution in [3.63, 3.8) is 0 Å². The summed E-state index contributed by atoms with van der Waals surface area (Å²) in [5, 5.41) is 0. The molecule has 2 atom stereocenters. The Bertz CT molecular complexity index is 1130. The summed E-state index contributed by atoms with van der Waals surface area (Å²) in [4.78, 5) is 41.8. The van der Waals surface area contributed by atoms with Crippen LogP contribution in [0.3, 0.4) is 0 Å². The quantitative estimate of drug-likeness (QED) is 0.480. The SMILES string of the molecule is CS[C@]1(c2ccccc2)[C@H](N2C(=O)c3ccccc3C2=O)C(=O)N1c1ccccc1. The number of para-hydroxylation sites is 1. The van der Waals surface area contributed by atoms with Gasteiger partial charge in [-0.2, -0.15) is 0 Å². The zero-order valence-electron chi connectivity index (χ0n) is 16.2. The minimum absolute atomic E-state index is 0.270. The molecule has 2 heterocycles. The van der Waals surface area contributed by atoms with Crippen LogP contribution < -0.4 is 4.90 Å².